The van der Waals surface area contributed by atoms with Crippen molar-refractivity contribution >= 4 is 23.4 Å². The molecule has 3 heterocycles. The molecule has 5 rings (SSSR count). The van der Waals surface area contributed by atoms with Gasteiger partial charge in [-0.05, 0) is 25.0 Å². The molecule has 10 nitrogen and oxygen atoms in total. The fraction of sp³-hybridized carbons (Fsp3) is 0.400. The van der Waals surface area contributed by atoms with Crippen molar-refractivity contribution in [2.75, 3.05) is 49.2 Å². The summed E-state index contributed by atoms with van der Waals surface area (Å²) in [6, 6.07) is 10.3. The number of nitrogens with two attached hydrogens (primary N) is 1. The van der Waals surface area contributed by atoms with E-state index in [1.807, 2.05) is 30.3 Å². The van der Waals surface area contributed by atoms with Crippen molar-refractivity contribution in [1.29, 1.82) is 0 Å². The first kappa shape index (κ1) is 18.6. The molecule has 0 amide bonds. The lowest BCUT2D eigenvalue weighted by atomic mass is 10.3. The molecule has 0 atom stereocenters. The highest BCUT2D eigenvalue weighted by molar-refractivity contribution is 5.63. The van der Waals surface area contributed by atoms with Crippen molar-refractivity contribution < 1.29 is 4.74 Å². The number of hydrogen-bond acceptors (Lipinski definition) is 9. The van der Waals surface area contributed by atoms with E-state index in [-0.39, 0.29) is 5.95 Å². The van der Waals surface area contributed by atoms with E-state index in [4.69, 9.17) is 10.5 Å². The third-order valence-corrected chi connectivity index (χ3v) is 5.54. The highest BCUT2D eigenvalue weighted by atomic mass is 16.5. The number of benzene rings is 1. The van der Waals surface area contributed by atoms with Gasteiger partial charge in [0.25, 0.3) is 0 Å². The zero-order valence-corrected chi connectivity index (χ0v) is 16.9. The first-order chi connectivity index (χ1) is 14.7. The van der Waals surface area contributed by atoms with Crippen molar-refractivity contribution in [2.24, 2.45) is 0 Å². The molecule has 1 aliphatic carbocycles. The number of aromatic nitrogens is 5. The molecule has 0 bridgehead atoms. The Morgan fingerprint density at radius 1 is 1.07 bits per heavy atom. The smallest absolute Gasteiger partial charge is 0.249 e. The maximum atomic E-state index is 6.12. The first-order valence-corrected chi connectivity index (χ1v) is 10.2. The Morgan fingerprint density at radius 3 is 2.60 bits per heavy atom. The molecular formula is C20H25N9O. The van der Waals surface area contributed by atoms with Crippen LogP contribution in [0, 0.1) is 0 Å². The lowest BCUT2D eigenvalue weighted by molar-refractivity contribution is 0.247. The van der Waals surface area contributed by atoms with Crippen LogP contribution in [0.1, 0.15) is 12.8 Å². The highest BCUT2D eigenvalue weighted by Gasteiger charge is 2.31. The fourth-order valence-electron chi connectivity index (χ4n) is 3.80. The molecule has 1 saturated heterocycles. The number of anilines is 4. The summed E-state index contributed by atoms with van der Waals surface area (Å²) in [5, 5.41) is 7.62. The monoisotopic (exact) mass is 407 g/mol. The van der Waals surface area contributed by atoms with Crippen LogP contribution in [0.4, 0.5) is 23.4 Å². The summed E-state index contributed by atoms with van der Waals surface area (Å²) in [6.07, 6.45) is 4.23. The van der Waals surface area contributed by atoms with Gasteiger partial charge in [0.2, 0.25) is 11.9 Å². The van der Waals surface area contributed by atoms with Gasteiger partial charge in [0.1, 0.15) is 17.9 Å². The Labute approximate surface area is 174 Å². The van der Waals surface area contributed by atoms with Crippen LogP contribution in [-0.4, -0.2) is 69.0 Å². The molecule has 30 heavy (non-hydrogen) atoms. The topological polar surface area (TPSA) is 110 Å². The summed E-state index contributed by atoms with van der Waals surface area (Å²) >= 11 is 0. The van der Waals surface area contributed by atoms with E-state index < -0.39 is 0 Å². The summed E-state index contributed by atoms with van der Waals surface area (Å²) in [6.45, 7) is 4.06. The molecule has 2 aliphatic rings. The fourth-order valence-corrected chi connectivity index (χ4v) is 3.80. The number of nitrogens with one attached hydrogen (secondary N) is 1. The lowest BCUT2D eigenvalue weighted by Gasteiger charge is -2.35. The van der Waals surface area contributed by atoms with Crippen LogP contribution in [0.3, 0.4) is 0 Å². The van der Waals surface area contributed by atoms with Crippen LogP contribution in [0.5, 0.6) is 5.75 Å². The number of ether oxygens (including phenoxy) is 1. The molecule has 0 unspecified atom stereocenters. The van der Waals surface area contributed by atoms with E-state index in [1.165, 1.54) is 17.5 Å². The first-order valence-electron chi connectivity index (χ1n) is 10.2. The Bertz CT molecular complexity index is 1020. The van der Waals surface area contributed by atoms with Crippen molar-refractivity contribution in [1.82, 2.24) is 29.6 Å². The standard InChI is InChI=1S/C20H25N9O/c1-30-16-5-3-2-4-15(16)24-20-25-19(21)29(26-20)18-12-17(22-13-23-18)28-10-8-27(9-11-28)14-6-7-14/h2-5,12-14H,6-11H2,1H3,(H3,21,24,25,26). The molecule has 3 aromatic rings. The largest absolute Gasteiger partial charge is 0.495 e. The minimum Gasteiger partial charge on any atom is -0.495 e. The van der Waals surface area contributed by atoms with Crippen molar-refractivity contribution in [3.05, 3.63) is 36.7 Å². The van der Waals surface area contributed by atoms with Gasteiger partial charge < -0.3 is 20.7 Å². The van der Waals surface area contributed by atoms with Crippen LogP contribution >= 0.6 is 0 Å². The van der Waals surface area contributed by atoms with E-state index in [0.29, 0.717) is 17.5 Å². The summed E-state index contributed by atoms with van der Waals surface area (Å²) in [4.78, 5) is 18.0. The van der Waals surface area contributed by atoms with E-state index in [1.54, 1.807) is 13.4 Å². The average molecular weight is 407 g/mol. The number of methoxy groups -OCH3 is 1. The predicted octanol–water partition coefficient (Wildman–Crippen LogP) is 1.68. The van der Waals surface area contributed by atoms with Crippen LogP contribution in [0.25, 0.3) is 5.82 Å². The summed E-state index contributed by atoms with van der Waals surface area (Å²) in [7, 11) is 1.62. The van der Waals surface area contributed by atoms with Crippen LogP contribution in [0.15, 0.2) is 36.7 Å². The normalized spacial score (nSPS) is 17.2. The summed E-state index contributed by atoms with van der Waals surface area (Å²) in [5.41, 5.74) is 6.88. The number of rotatable bonds is 6. The Balaban J connectivity index is 1.34. The number of para-hydroxylation sites is 2. The molecule has 1 aliphatic heterocycles. The van der Waals surface area contributed by atoms with Gasteiger partial charge in [-0.2, -0.15) is 9.67 Å². The van der Waals surface area contributed by atoms with Gasteiger partial charge in [-0.3, -0.25) is 4.90 Å². The van der Waals surface area contributed by atoms with Crippen LogP contribution in [-0.2, 0) is 0 Å². The summed E-state index contributed by atoms with van der Waals surface area (Å²) < 4.78 is 6.88. The molecule has 156 valence electrons. The SMILES string of the molecule is COc1ccccc1Nc1nc(N)n(-c2cc(N3CCN(C4CC4)CC3)ncn2)n1. The number of nitrogen functional groups attached to an aromatic ring is 1. The zero-order chi connectivity index (χ0) is 20.5. The average Bonchev–Trinajstić information content (AvgIpc) is 3.57. The third-order valence-electron chi connectivity index (χ3n) is 5.54. The maximum absolute atomic E-state index is 6.12. The Kier molecular flexibility index (Phi) is 4.83. The molecule has 3 N–H and O–H groups in total. The summed E-state index contributed by atoms with van der Waals surface area (Å²) in [5.74, 6) is 2.78. The van der Waals surface area contributed by atoms with E-state index in [0.717, 1.165) is 43.7 Å². The number of nitrogens with zero attached hydrogens (tertiary/aromatic N) is 7. The number of hydrogen-bond donors (Lipinski definition) is 2. The molecule has 1 saturated carbocycles. The molecule has 0 spiro atoms. The number of piperazine rings is 1. The molecule has 1 aromatic carbocycles. The maximum Gasteiger partial charge on any atom is 0.249 e. The molecule has 10 heteroatoms. The second-order valence-electron chi connectivity index (χ2n) is 7.52. The van der Waals surface area contributed by atoms with Gasteiger partial charge in [-0.1, -0.05) is 12.1 Å². The van der Waals surface area contributed by atoms with Crippen LogP contribution in [0.2, 0.25) is 0 Å². The highest BCUT2D eigenvalue weighted by Crippen LogP contribution is 2.29. The van der Waals surface area contributed by atoms with Crippen molar-refractivity contribution in [3.8, 4) is 11.6 Å². The second-order valence-corrected chi connectivity index (χ2v) is 7.52. The molecular weight excluding hydrogens is 382 g/mol. The third kappa shape index (κ3) is 3.73. The Morgan fingerprint density at radius 2 is 1.83 bits per heavy atom. The minimum atomic E-state index is 0.246. The quantitative estimate of drug-likeness (QED) is 0.630. The van der Waals surface area contributed by atoms with Gasteiger partial charge >= 0.3 is 0 Å². The predicted molar refractivity (Wildman–Crippen MR) is 114 cm³/mol. The second kappa shape index (κ2) is 7.79. The molecule has 0 radical (unpaired) electrons. The van der Waals surface area contributed by atoms with Gasteiger partial charge in [-0.15, -0.1) is 5.10 Å². The Hall–Kier alpha value is -3.40. The van der Waals surface area contributed by atoms with E-state index in [2.05, 4.69) is 35.2 Å². The minimum absolute atomic E-state index is 0.246. The van der Waals surface area contributed by atoms with E-state index in [9.17, 15) is 0 Å². The van der Waals surface area contributed by atoms with Gasteiger partial charge in [0, 0.05) is 38.3 Å². The molecule has 2 fully saturated rings. The van der Waals surface area contributed by atoms with Gasteiger partial charge in [0.15, 0.2) is 5.82 Å². The van der Waals surface area contributed by atoms with Crippen LogP contribution < -0.4 is 20.7 Å². The van der Waals surface area contributed by atoms with Crippen molar-refractivity contribution in [3.63, 3.8) is 0 Å². The van der Waals surface area contributed by atoms with Gasteiger partial charge in [-0.25, -0.2) is 9.97 Å². The van der Waals surface area contributed by atoms with E-state index >= 15 is 0 Å². The molecule has 2 aromatic heterocycles. The van der Waals surface area contributed by atoms with Gasteiger partial charge in [0.05, 0.1) is 12.8 Å². The van der Waals surface area contributed by atoms with Crippen molar-refractivity contribution in [2.45, 2.75) is 18.9 Å². The zero-order valence-electron chi connectivity index (χ0n) is 16.9. The lowest BCUT2D eigenvalue weighted by Crippen LogP contribution is -2.47.